The van der Waals surface area contributed by atoms with Gasteiger partial charge in [0.2, 0.25) is 0 Å². The van der Waals surface area contributed by atoms with Crippen LogP contribution in [0.3, 0.4) is 0 Å². The van der Waals surface area contributed by atoms with Crippen molar-refractivity contribution in [2.24, 2.45) is 13.0 Å². The highest BCUT2D eigenvalue weighted by atomic mass is 32.2. The molecule has 0 radical (unpaired) electrons. The first kappa shape index (κ1) is 24.7. The second-order valence-corrected chi connectivity index (χ2v) is 10.9. The van der Waals surface area contributed by atoms with Crippen LogP contribution in [0.25, 0.3) is 0 Å². The van der Waals surface area contributed by atoms with Gasteiger partial charge in [-0.2, -0.15) is 10.4 Å². The maximum absolute atomic E-state index is 12.9. The molecule has 0 amide bonds. The van der Waals surface area contributed by atoms with Gasteiger partial charge in [0.05, 0.1) is 10.5 Å². The fraction of sp³-hybridized carbons (Fsp3) is 0.440. The highest BCUT2D eigenvalue weighted by Gasteiger charge is 2.44. The molecule has 3 atom stereocenters. The molecule has 35 heavy (non-hydrogen) atoms. The van der Waals surface area contributed by atoms with E-state index in [0.717, 1.165) is 31.4 Å². The Morgan fingerprint density at radius 1 is 1.17 bits per heavy atom. The van der Waals surface area contributed by atoms with Gasteiger partial charge in [-0.15, -0.1) is 0 Å². The summed E-state index contributed by atoms with van der Waals surface area (Å²) >= 11 is 0. The van der Waals surface area contributed by atoms with Gasteiger partial charge >= 0.3 is 0 Å². The molecule has 10 heteroatoms. The largest absolute Gasteiger partial charge is 0.485 e. The summed E-state index contributed by atoms with van der Waals surface area (Å²) < 4.78 is 36.8. The van der Waals surface area contributed by atoms with Crippen LogP contribution in [0.2, 0.25) is 0 Å². The van der Waals surface area contributed by atoms with Gasteiger partial charge in [-0.25, -0.2) is 18.4 Å². The van der Waals surface area contributed by atoms with Gasteiger partial charge in [-0.05, 0) is 56.0 Å². The lowest BCUT2D eigenvalue weighted by Gasteiger charge is -2.44. The minimum Gasteiger partial charge on any atom is -0.485 e. The van der Waals surface area contributed by atoms with Crippen molar-refractivity contribution in [1.82, 2.24) is 19.7 Å². The Balaban J connectivity index is 1.69. The number of benzene rings is 1. The SMILES string of the molecule is C[C@H]1CCCCC[C@H](c2ccnn2C)[C@]1(C)Oc1ccc(S(=O)(=O)Nc2ccncn2)cc1C#N. The Morgan fingerprint density at radius 2 is 1.97 bits per heavy atom. The Labute approximate surface area is 206 Å². The average molecular weight is 495 g/mol. The lowest BCUT2D eigenvalue weighted by atomic mass is 9.71. The number of ether oxygens (including phenoxy) is 1. The molecule has 1 fully saturated rings. The van der Waals surface area contributed by atoms with Crippen molar-refractivity contribution >= 4 is 15.8 Å². The van der Waals surface area contributed by atoms with Gasteiger partial charge in [0, 0.05) is 31.1 Å². The number of hydrogen-bond donors (Lipinski definition) is 1. The first-order chi connectivity index (χ1) is 16.7. The number of aryl methyl sites for hydroxylation is 1. The zero-order valence-corrected chi connectivity index (χ0v) is 21.0. The van der Waals surface area contributed by atoms with Crippen LogP contribution in [0.1, 0.15) is 63.1 Å². The number of aromatic nitrogens is 4. The van der Waals surface area contributed by atoms with E-state index in [4.69, 9.17) is 4.74 Å². The number of nitriles is 1. The van der Waals surface area contributed by atoms with Crippen LogP contribution < -0.4 is 9.46 Å². The minimum atomic E-state index is -3.94. The first-order valence-electron chi connectivity index (χ1n) is 11.7. The van der Waals surface area contributed by atoms with Crippen molar-refractivity contribution in [3.8, 4) is 11.8 Å². The van der Waals surface area contributed by atoms with Crippen LogP contribution in [0.15, 0.2) is 53.9 Å². The van der Waals surface area contributed by atoms with E-state index >= 15 is 0 Å². The quantitative estimate of drug-likeness (QED) is 0.538. The summed E-state index contributed by atoms with van der Waals surface area (Å²) in [6.07, 6.45) is 9.81. The van der Waals surface area contributed by atoms with Crippen molar-refractivity contribution < 1.29 is 13.2 Å². The normalized spacial score (nSPS) is 23.0. The van der Waals surface area contributed by atoms with E-state index in [1.54, 1.807) is 12.3 Å². The summed E-state index contributed by atoms with van der Waals surface area (Å²) in [5.74, 6) is 0.793. The number of nitrogens with one attached hydrogen (secondary N) is 1. The van der Waals surface area contributed by atoms with Gasteiger partial charge in [0.15, 0.2) is 0 Å². The molecule has 0 unspecified atom stereocenters. The number of anilines is 1. The van der Waals surface area contributed by atoms with Crippen LogP contribution >= 0.6 is 0 Å². The van der Waals surface area contributed by atoms with Crippen LogP contribution in [0.5, 0.6) is 5.75 Å². The zero-order chi connectivity index (χ0) is 25.1. The summed E-state index contributed by atoms with van der Waals surface area (Å²) in [7, 11) is -2.01. The van der Waals surface area contributed by atoms with Crippen LogP contribution in [0, 0.1) is 17.2 Å². The minimum absolute atomic E-state index is 0.0425. The number of sulfonamides is 1. The summed E-state index contributed by atoms with van der Waals surface area (Å²) in [4.78, 5) is 7.65. The number of hydrogen-bond acceptors (Lipinski definition) is 7. The van der Waals surface area contributed by atoms with Gasteiger partial charge in [-0.1, -0.05) is 26.2 Å². The molecule has 1 aliphatic carbocycles. The summed E-state index contributed by atoms with van der Waals surface area (Å²) in [5, 5.41) is 14.3. The van der Waals surface area contributed by atoms with E-state index in [1.165, 1.54) is 37.1 Å². The highest BCUT2D eigenvalue weighted by Crippen LogP contribution is 2.45. The first-order valence-corrected chi connectivity index (χ1v) is 13.2. The van der Waals surface area contributed by atoms with Crippen molar-refractivity contribution in [1.29, 1.82) is 5.26 Å². The molecule has 1 aliphatic rings. The van der Waals surface area contributed by atoms with Gasteiger partial charge in [0.25, 0.3) is 10.0 Å². The summed E-state index contributed by atoms with van der Waals surface area (Å²) in [6, 6.07) is 9.97. The molecule has 3 aromatic rings. The molecule has 0 aliphatic heterocycles. The Hall–Kier alpha value is -3.45. The standard InChI is InChI=1S/C25H30N6O3S/c1-18-7-5-4-6-8-21(22-11-14-29-31(22)3)25(18,2)34-23-10-9-20(15-19(23)16-26)35(32,33)30-24-12-13-27-17-28-24/h9-15,17-18,21H,4-8H2,1-3H3,(H,27,28,30)/t18-,21+,25+/m0/s1. The molecule has 0 saturated heterocycles. The molecule has 2 aromatic heterocycles. The fourth-order valence-electron chi connectivity index (χ4n) is 4.87. The Bertz CT molecular complexity index is 1320. The molecule has 1 aromatic carbocycles. The third kappa shape index (κ3) is 5.15. The Kier molecular flexibility index (Phi) is 7.08. The van der Waals surface area contributed by atoms with E-state index in [0.29, 0.717) is 5.75 Å². The Morgan fingerprint density at radius 3 is 2.66 bits per heavy atom. The summed E-state index contributed by atoms with van der Waals surface area (Å²) in [5.41, 5.74) is 0.641. The fourth-order valence-corrected chi connectivity index (χ4v) is 5.90. The number of rotatable bonds is 6. The van der Waals surface area contributed by atoms with E-state index in [9.17, 15) is 13.7 Å². The van der Waals surface area contributed by atoms with Gasteiger partial charge < -0.3 is 4.74 Å². The van der Waals surface area contributed by atoms with Crippen LogP contribution in [-0.2, 0) is 17.1 Å². The molecular weight excluding hydrogens is 464 g/mol. The molecule has 184 valence electrons. The van der Waals surface area contributed by atoms with Gasteiger partial charge in [-0.3, -0.25) is 9.40 Å². The molecule has 2 heterocycles. The maximum atomic E-state index is 12.9. The van der Waals surface area contributed by atoms with Gasteiger partial charge in [0.1, 0.15) is 29.6 Å². The predicted octanol–water partition coefficient (Wildman–Crippen LogP) is 4.40. The molecule has 0 bridgehead atoms. The topological polar surface area (TPSA) is 123 Å². The van der Waals surface area contributed by atoms with E-state index in [-0.39, 0.29) is 28.1 Å². The average Bonchev–Trinajstić information content (AvgIpc) is 3.25. The monoisotopic (exact) mass is 494 g/mol. The van der Waals surface area contributed by atoms with Crippen LogP contribution in [0.4, 0.5) is 5.82 Å². The third-order valence-corrected chi connectivity index (χ3v) is 8.40. The van der Waals surface area contributed by atoms with Crippen molar-refractivity contribution in [3.05, 3.63) is 60.3 Å². The van der Waals surface area contributed by atoms with Crippen molar-refractivity contribution in [3.63, 3.8) is 0 Å². The number of nitrogens with zero attached hydrogens (tertiary/aromatic N) is 5. The third-order valence-electron chi connectivity index (χ3n) is 7.05. The maximum Gasteiger partial charge on any atom is 0.263 e. The molecule has 9 nitrogen and oxygen atoms in total. The van der Waals surface area contributed by atoms with E-state index in [1.807, 2.05) is 17.8 Å². The van der Waals surface area contributed by atoms with Crippen LogP contribution in [-0.4, -0.2) is 33.8 Å². The summed E-state index contributed by atoms with van der Waals surface area (Å²) in [6.45, 7) is 4.29. The van der Waals surface area contributed by atoms with E-state index in [2.05, 4.69) is 39.7 Å². The second-order valence-electron chi connectivity index (χ2n) is 9.23. The predicted molar refractivity (Wildman–Crippen MR) is 131 cm³/mol. The lowest BCUT2D eigenvalue weighted by molar-refractivity contribution is -0.00911. The zero-order valence-electron chi connectivity index (χ0n) is 20.2. The molecular formula is C25H30N6O3S. The molecule has 1 saturated carbocycles. The van der Waals surface area contributed by atoms with E-state index < -0.39 is 15.6 Å². The highest BCUT2D eigenvalue weighted by molar-refractivity contribution is 7.92. The smallest absolute Gasteiger partial charge is 0.263 e. The second kappa shape index (κ2) is 10.0. The molecule has 4 rings (SSSR count). The molecule has 0 spiro atoms. The lowest BCUT2D eigenvalue weighted by Crippen LogP contribution is -2.47. The molecule has 1 N–H and O–H groups in total. The van der Waals surface area contributed by atoms with Crippen molar-refractivity contribution in [2.45, 2.75) is 62.4 Å². The van der Waals surface area contributed by atoms with Crippen molar-refractivity contribution in [2.75, 3.05) is 4.72 Å².